The number of hydrogen-bond acceptors (Lipinski definition) is 4. The molecule has 0 aliphatic heterocycles. The van der Waals surface area contributed by atoms with Crippen LogP contribution in [0.5, 0.6) is 11.6 Å². The Morgan fingerprint density at radius 3 is 2.67 bits per heavy atom. The van der Waals surface area contributed by atoms with Crippen LogP contribution in [0.4, 0.5) is 0 Å². The van der Waals surface area contributed by atoms with Gasteiger partial charge in [-0.3, -0.25) is 0 Å². The summed E-state index contributed by atoms with van der Waals surface area (Å²) in [5.74, 6) is 1.19. The molecule has 0 saturated heterocycles. The van der Waals surface area contributed by atoms with E-state index in [4.69, 9.17) is 16.3 Å². The highest BCUT2D eigenvalue weighted by Gasteiger charge is 2.09. The van der Waals surface area contributed by atoms with E-state index in [0.29, 0.717) is 11.6 Å². The number of fused-ring (bicyclic) bond motifs is 1. The van der Waals surface area contributed by atoms with Crippen molar-refractivity contribution in [3.05, 3.63) is 45.5 Å². The van der Waals surface area contributed by atoms with Crippen LogP contribution in [0.3, 0.4) is 0 Å². The van der Waals surface area contributed by atoms with E-state index in [9.17, 15) is 0 Å². The Labute approximate surface area is 121 Å². The van der Waals surface area contributed by atoms with E-state index < -0.39 is 0 Å². The second-order valence-corrected chi connectivity index (χ2v) is 5.64. The summed E-state index contributed by atoms with van der Waals surface area (Å²) in [6, 6.07) is 9.45. The number of nitrogens with zero attached hydrogens (tertiary/aromatic N) is 2. The highest BCUT2D eigenvalue weighted by molar-refractivity contribution is 9.10. The molecule has 0 aliphatic rings. The molecular weight excluding hydrogens is 336 g/mol. The van der Waals surface area contributed by atoms with Crippen molar-refractivity contribution in [1.82, 2.24) is 9.97 Å². The molecule has 6 heteroatoms. The molecule has 90 valence electrons. The fraction of sp³-hybridized carbons (Fsp3) is 0. The zero-order valence-corrected chi connectivity index (χ0v) is 12.1. The van der Waals surface area contributed by atoms with Gasteiger partial charge in [-0.1, -0.05) is 15.9 Å². The molecule has 3 aromatic rings. The third-order valence-electron chi connectivity index (χ3n) is 2.29. The highest BCUT2D eigenvalue weighted by atomic mass is 79.9. The first-order valence-corrected chi connectivity index (χ1v) is 7.11. The SMILES string of the molecule is Clc1nc(Oc2ccc(Br)cc2)c2ccsc2n1. The Morgan fingerprint density at radius 1 is 1.11 bits per heavy atom. The van der Waals surface area contributed by atoms with E-state index in [-0.39, 0.29) is 5.28 Å². The number of hydrogen-bond donors (Lipinski definition) is 0. The molecule has 0 radical (unpaired) electrons. The maximum absolute atomic E-state index is 5.87. The third kappa shape index (κ3) is 2.34. The van der Waals surface area contributed by atoms with Gasteiger partial charge in [0.15, 0.2) is 0 Å². The van der Waals surface area contributed by atoms with E-state index in [1.807, 2.05) is 35.7 Å². The van der Waals surface area contributed by atoms with Crippen LogP contribution in [0.1, 0.15) is 0 Å². The quantitative estimate of drug-likeness (QED) is 0.622. The molecule has 3 rings (SSSR count). The molecule has 3 nitrogen and oxygen atoms in total. The Kier molecular flexibility index (Phi) is 3.20. The Morgan fingerprint density at radius 2 is 1.89 bits per heavy atom. The third-order valence-corrected chi connectivity index (χ3v) is 3.80. The van der Waals surface area contributed by atoms with Gasteiger partial charge in [-0.2, -0.15) is 4.98 Å². The van der Waals surface area contributed by atoms with Crippen LogP contribution < -0.4 is 4.74 Å². The molecule has 0 saturated carbocycles. The van der Waals surface area contributed by atoms with E-state index in [1.54, 1.807) is 0 Å². The van der Waals surface area contributed by atoms with Gasteiger partial charge in [-0.25, -0.2) is 4.98 Å². The van der Waals surface area contributed by atoms with E-state index in [1.165, 1.54) is 11.3 Å². The first kappa shape index (κ1) is 11.9. The molecule has 2 aromatic heterocycles. The first-order valence-electron chi connectivity index (χ1n) is 5.06. The summed E-state index contributed by atoms with van der Waals surface area (Å²) in [5.41, 5.74) is 0. The van der Waals surface area contributed by atoms with Gasteiger partial charge in [0.1, 0.15) is 10.6 Å². The van der Waals surface area contributed by atoms with Gasteiger partial charge in [-0.15, -0.1) is 11.3 Å². The summed E-state index contributed by atoms with van der Waals surface area (Å²) in [6.07, 6.45) is 0. The van der Waals surface area contributed by atoms with Crippen molar-refractivity contribution in [2.24, 2.45) is 0 Å². The first-order chi connectivity index (χ1) is 8.72. The predicted octanol–water partition coefficient (Wildman–Crippen LogP) is 4.90. The lowest BCUT2D eigenvalue weighted by Crippen LogP contribution is -1.90. The van der Waals surface area contributed by atoms with Gasteiger partial charge >= 0.3 is 0 Å². The summed E-state index contributed by atoms with van der Waals surface area (Å²) in [4.78, 5) is 9.08. The van der Waals surface area contributed by atoms with Gasteiger partial charge in [0.05, 0.1) is 5.39 Å². The largest absolute Gasteiger partial charge is 0.438 e. The molecule has 0 fully saturated rings. The Balaban J connectivity index is 2.03. The van der Waals surface area contributed by atoms with Gasteiger partial charge < -0.3 is 4.74 Å². The van der Waals surface area contributed by atoms with Crippen LogP contribution in [0.2, 0.25) is 5.28 Å². The summed E-state index contributed by atoms with van der Waals surface area (Å²) in [6.45, 7) is 0. The zero-order chi connectivity index (χ0) is 12.5. The van der Waals surface area contributed by atoms with Crippen LogP contribution in [0.25, 0.3) is 10.2 Å². The summed E-state index contributed by atoms with van der Waals surface area (Å²) < 4.78 is 6.73. The number of benzene rings is 1. The van der Waals surface area contributed by atoms with Crippen LogP contribution in [-0.4, -0.2) is 9.97 Å². The van der Waals surface area contributed by atoms with Crippen LogP contribution in [-0.2, 0) is 0 Å². The highest BCUT2D eigenvalue weighted by Crippen LogP contribution is 2.31. The van der Waals surface area contributed by atoms with Crippen LogP contribution in [0.15, 0.2) is 40.2 Å². The maximum Gasteiger partial charge on any atom is 0.232 e. The van der Waals surface area contributed by atoms with E-state index in [2.05, 4.69) is 25.9 Å². The molecule has 0 spiro atoms. The van der Waals surface area contributed by atoms with Gasteiger partial charge in [0.25, 0.3) is 0 Å². The van der Waals surface area contributed by atoms with Crippen molar-refractivity contribution in [2.45, 2.75) is 0 Å². The second kappa shape index (κ2) is 4.84. The molecule has 1 aromatic carbocycles. The fourth-order valence-electron chi connectivity index (χ4n) is 1.50. The summed E-state index contributed by atoms with van der Waals surface area (Å²) >= 11 is 10.8. The average molecular weight is 342 g/mol. The number of halogens is 2. The molecule has 2 heterocycles. The number of aromatic nitrogens is 2. The zero-order valence-electron chi connectivity index (χ0n) is 8.93. The molecule has 18 heavy (non-hydrogen) atoms. The second-order valence-electron chi connectivity index (χ2n) is 3.49. The fourth-order valence-corrected chi connectivity index (χ4v) is 2.73. The van der Waals surface area contributed by atoms with Crippen molar-refractivity contribution in [2.75, 3.05) is 0 Å². The molecule has 0 amide bonds. The molecule has 0 aliphatic carbocycles. The van der Waals surface area contributed by atoms with Crippen LogP contribution >= 0.6 is 38.9 Å². The lowest BCUT2D eigenvalue weighted by atomic mass is 10.3. The number of thiophene rings is 1. The average Bonchev–Trinajstić information content (AvgIpc) is 2.80. The van der Waals surface area contributed by atoms with Crippen molar-refractivity contribution in [3.8, 4) is 11.6 Å². The molecule has 0 unspecified atom stereocenters. The Bertz CT molecular complexity index is 699. The monoisotopic (exact) mass is 340 g/mol. The molecule has 0 atom stereocenters. The van der Waals surface area contributed by atoms with Crippen molar-refractivity contribution >= 4 is 49.1 Å². The van der Waals surface area contributed by atoms with E-state index in [0.717, 1.165) is 14.7 Å². The standard InChI is InChI=1S/C12H6BrClN2OS/c13-7-1-3-8(4-2-7)17-10-9-5-6-18-11(9)16-12(14)15-10/h1-6H. The summed E-state index contributed by atoms with van der Waals surface area (Å²) in [7, 11) is 0. The molecular formula is C12H6BrClN2OS. The van der Waals surface area contributed by atoms with Crippen LogP contribution in [0, 0.1) is 0 Å². The lowest BCUT2D eigenvalue weighted by Gasteiger charge is -2.05. The van der Waals surface area contributed by atoms with Gasteiger partial charge in [0, 0.05) is 4.47 Å². The molecule has 0 bridgehead atoms. The van der Waals surface area contributed by atoms with Crippen molar-refractivity contribution in [3.63, 3.8) is 0 Å². The van der Waals surface area contributed by atoms with Gasteiger partial charge in [-0.05, 0) is 47.3 Å². The van der Waals surface area contributed by atoms with Crippen molar-refractivity contribution in [1.29, 1.82) is 0 Å². The summed E-state index contributed by atoms with van der Waals surface area (Å²) in [5, 5.41) is 2.99. The number of ether oxygens (including phenoxy) is 1. The van der Waals surface area contributed by atoms with E-state index >= 15 is 0 Å². The predicted molar refractivity (Wildman–Crippen MR) is 76.6 cm³/mol. The minimum atomic E-state index is 0.192. The smallest absolute Gasteiger partial charge is 0.232 e. The normalized spacial score (nSPS) is 10.8. The number of rotatable bonds is 2. The topological polar surface area (TPSA) is 35.0 Å². The van der Waals surface area contributed by atoms with Crippen molar-refractivity contribution < 1.29 is 4.74 Å². The maximum atomic E-state index is 5.87. The minimum absolute atomic E-state index is 0.192. The van der Waals surface area contributed by atoms with Gasteiger partial charge in [0.2, 0.25) is 11.2 Å². The minimum Gasteiger partial charge on any atom is -0.438 e. The lowest BCUT2D eigenvalue weighted by molar-refractivity contribution is 0.468. The Hall–Kier alpha value is -1.17. The molecule has 0 N–H and O–H groups in total.